The lowest BCUT2D eigenvalue weighted by Gasteiger charge is -2.34. The number of nitrogens with one attached hydrogen (secondary N) is 1. The van der Waals surface area contributed by atoms with Gasteiger partial charge in [0, 0.05) is 38.3 Å². The normalized spacial score (nSPS) is 21.8. The number of carbonyl (C=O) groups excluding carboxylic acids is 1. The van der Waals surface area contributed by atoms with Crippen LogP contribution in [0.15, 0.2) is 25.0 Å². The minimum absolute atomic E-state index is 0.117. The van der Waals surface area contributed by atoms with Gasteiger partial charge < -0.3 is 19.9 Å². The third-order valence-corrected chi connectivity index (χ3v) is 4.25. The van der Waals surface area contributed by atoms with Gasteiger partial charge in [-0.2, -0.15) is 0 Å². The number of rotatable bonds is 4. The molecule has 3 heterocycles. The molecule has 0 radical (unpaired) electrons. The first kappa shape index (κ1) is 15.7. The number of hydrogen-bond donors (Lipinski definition) is 1. The number of hydrogen-bond acceptors (Lipinski definition) is 6. The lowest BCUT2D eigenvalue weighted by molar-refractivity contribution is -0.117. The number of piperidine rings is 1. The van der Waals surface area contributed by atoms with Crippen molar-refractivity contribution < 1.29 is 9.53 Å². The van der Waals surface area contributed by atoms with Crippen LogP contribution < -0.4 is 15.1 Å². The maximum Gasteiger partial charge on any atom is 0.243 e. The van der Waals surface area contributed by atoms with E-state index in [1.54, 1.807) is 6.33 Å². The Morgan fingerprint density at radius 1 is 1.26 bits per heavy atom. The lowest BCUT2D eigenvalue weighted by Crippen LogP contribution is -2.47. The predicted octanol–water partition coefficient (Wildman–Crippen LogP) is 0.584. The molecule has 124 valence electrons. The maximum absolute atomic E-state index is 11.5. The summed E-state index contributed by atoms with van der Waals surface area (Å²) in [6.45, 7) is 8.39. The number of anilines is 2. The van der Waals surface area contributed by atoms with Gasteiger partial charge in [-0.05, 0) is 18.9 Å². The van der Waals surface area contributed by atoms with Crippen LogP contribution in [0.25, 0.3) is 0 Å². The molecule has 0 aromatic carbocycles. The van der Waals surface area contributed by atoms with Crippen LogP contribution in [0.5, 0.6) is 0 Å². The standard InChI is InChI=1S/C16H23N5O2/c1-2-16(22)19-13-4-3-5-21(11-13)15-10-14(17-12-18-15)20-6-8-23-9-7-20/h2,10,12-13H,1,3-9,11H2,(H,19,22)/t13-/m1/s1. The molecule has 23 heavy (non-hydrogen) atoms. The lowest BCUT2D eigenvalue weighted by atomic mass is 10.1. The molecular weight excluding hydrogens is 294 g/mol. The van der Waals surface area contributed by atoms with Crippen molar-refractivity contribution in [2.45, 2.75) is 18.9 Å². The Kier molecular flexibility index (Phi) is 5.07. The van der Waals surface area contributed by atoms with Crippen LogP contribution in [0.2, 0.25) is 0 Å². The number of ether oxygens (including phenoxy) is 1. The van der Waals surface area contributed by atoms with E-state index in [-0.39, 0.29) is 11.9 Å². The molecule has 7 heteroatoms. The van der Waals surface area contributed by atoms with Crippen LogP contribution in [0.4, 0.5) is 11.6 Å². The quantitative estimate of drug-likeness (QED) is 0.820. The van der Waals surface area contributed by atoms with Crippen molar-refractivity contribution in [1.29, 1.82) is 0 Å². The van der Waals surface area contributed by atoms with Gasteiger partial charge in [0.2, 0.25) is 5.91 Å². The summed E-state index contributed by atoms with van der Waals surface area (Å²) >= 11 is 0. The molecule has 0 spiro atoms. The van der Waals surface area contributed by atoms with Crippen molar-refractivity contribution in [2.75, 3.05) is 49.2 Å². The average Bonchev–Trinajstić information content (AvgIpc) is 2.63. The topological polar surface area (TPSA) is 70.6 Å². The Hall–Kier alpha value is -2.15. The second kappa shape index (κ2) is 7.41. The minimum atomic E-state index is -0.117. The zero-order valence-corrected chi connectivity index (χ0v) is 13.3. The van der Waals surface area contributed by atoms with Gasteiger partial charge in [-0.25, -0.2) is 9.97 Å². The largest absolute Gasteiger partial charge is 0.378 e. The van der Waals surface area contributed by atoms with Crippen LogP contribution in [-0.4, -0.2) is 61.3 Å². The van der Waals surface area contributed by atoms with E-state index in [1.165, 1.54) is 6.08 Å². The van der Waals surface area contributed by atoms with Crippen LogP contribution >= 0.6 is 0 Å². The van der Waals surface area contributed by atoms with Crippen molar-refractivity contribution in [3.63, 3.8) is 0 Å². The monoisotopic (exact) mass is 317 g/mol. The van der Waals surface area contributed by atoms with Gasteiger partial charge in [-0.15, -0.1) is 0 Å². The van der Waals surface area contributed by atoms with E-state index >= 15 is 0 Å². The third kappa shape index (κ3) is 3.98. The zero-order valence-electron chi connectivity index (χ0n) is 13.3. The third-order valence-electron chi connectivity index (χ3n) is 4.25. The Morgan fingerprint density at radius 2 is 2.00 bits per heavy atom. The van der Waals surface area contributed by atoms with Crippen molar-refractivity contribution in [2.24, 2.45) is 0 Å². The summed E-state index contributed by atoms with van der Waals surface area (Å²) in [6, 6.07) is 2.17. The molecule has 1 amide bonds. The van der Waals surface area contributed by atoms with Gasteiger partial charge in [-0.3, -0.25) is 4.79 Å². The molecule has 7 nitrogen and oxygen atoms in total. The molecule has 3 rings (SSSR count). The Balaban J connectivity index is 1.68. The zero-order chi connectivity index (χ0) is 16.1. The fourth-order valence-corrected chi connectivity index (χ4v) is 3.04. The van der Waals surface area contributed by atoms with E-state index < -0.39 is 0 Å². The van der Waals surface area contributed by atoms with Gasteiger partial charge in [0.15, 0.2) is 0 Å². The van der Waals surface area contributed by atoms with Crippen molar-refractivity contribution in [3.8, 4) is 0 Å². The highest BCUT2D eigenvalue weighted by Gasteiger charge is 2.22. The SMILES string of the molecule is C=CC(=O)N[C@@H]1CCCN(c2cc(N3CCOCC3)ncn2)C1. The molecule has 0 bridgehead atoms. The number of morpholine rings is 1. The number of aromatic nitrogens is 2. The van der Waals surface area contributed by atoms with Gasteiger partial charge in [-0.1, -0.05) is 6.58 Å². The summed E-state index contributed by atoms with van der Waals surface area (Å²) in [6.07, 6.45) is 4.95. The van der Waals surface area contributed by atoms with E-state index in [0.717, 1.165) is 63.9 Å². The Labute approximate surface area is 136 Å². The fraction of sp³-hybridized carbons (Fsp3) is 0.562. The molecule has 1 aromatic rings. The molecule has 0 unspecified atom stereocenters. The van der Waals surface area contributed by atoms with Crippen molar-refractivity contribution in [3.05, 3.63) is 25.0 Å². The molecule has 1 aromatic heterocycles. The summed E-state index contributed by atoms with van der Waals surface area (Å²) in [5, 5.41) is 2.98. The highest BCUT2D eigenvalue weighted by Crippen LogP contribution is 2.22. The Morgan fingerprint density at radius 3 is 2.74 bits per heavy atom. The predicted molar refractivity (Wildman–Crippen MR) is 88.6 cm³/mol. The van der Waals surface area contributed by atoms with Crippen LogP contribution in [0.1, 0.15) is 12.8 Å². The molecule has 2 fully saturated rings. The summed E-state index contributed by atoms with van der Waals surface area (Å²) in [5.41, 5.74) is 0. The van der Waals surface area contributed by atoms with Gasteiger partial charge in [0.1, 0.15) is 18.0 Å². The van der Waals surface area contributed by atoms with Crippen molar-refractivity contribution >= 4 is 17.5 Å². The number of nitrogens with zero attached hydrogens (tertiary/aromatic N) is 4. The first-order valence-corrected chi connectivity index (χ1v) is 8.09. The van der Waals surface area contributed by atoms with E-state index in [4.69, 9.17) is 4.74 Å². The van der Waals surface area contributed by atoms with Gasteiger partial charge in [0.05, 0.1) is 13.2 Å². The number of amides is 1. The molecule has 1 atom stereocenters. The molecule has 0 saturated carbocycles. The minimum Gasteiger partial charge on any atom is -0.378 e. The molecule has 2 aliphatic heterocycles. The first-order valence-electron chi connectivity index (χ1n) is 8.09. The molecule has 2 saturated heterocycles. The molecule has 1 N–H and O–H groups in total. The number of carbonyl (C=O) groups is 1. The first-order chi connectivity index (χ1) is 11.3. The van der Waals surface area contributed by atoms with E-state index in [1.807, 2.05) is 6.07 Å². The summed E-state index contributed by atoms with van der Waals surface area (Å²) in [5.74, 6) is 1.74. The van der Waals surface area contributed by atoms with E-state index in [9.17, 15) is 4.79 Å². The van der Waals surface area contributed by atoms with Gasteiger partial charge >= 0.3 is 0 Å². The average molecular weight is 317 g/mol. The van der Waals surface area contributed by atoms with Crippen LogP contribution in [0, 0.1) is 0 Å². The summed E-state index contributed by atoms with van der Waals surface area (Å²) in [4.78, 5) is 24.7. The van der Waals surface area contributed by atoms with Gasteiger partial charge in [0.25, 0.3) is 0 Å². The highest BCUT2D eigenvalue weighted by atomic mass is 16.5. The maximum atomic E-state index is 11.5. The fourth-order valence-electron chi connectivity index (χ4n) is 3.04. The molecular formula is C16H23N5O2. The van der Waals surface area contributed by atoms with Crippen molar-refractivity contribution in [1.82, 2.24) is 15.3 Å². The van der Waals surface area contributed by atoms with Crippen LogP contribution in [0.3, 0.4) is 0 Å². The smallest absolute Gasteiger partial charge is 0.243 e. The highest BCUT2D eigenvalue weighted by molar-refractivity contribution is 5.87. The summed E-state index contributed by atoms with van der Waals surface area (Å²) in [7, 11) is 0. The van der Waals surface area contributed by atoms with E-state index in [0.29, 0.717) is 0 Å². The Bertz CT molecular complexity index is 559. The van der Waals surface area contributed by atoms with E-state index in [2.05, 4.69) is 31.7 Å². The molecule has 2 aliphatic rings. The molecule has 0 aliphatic carbocycles. The summed E-state index contributed by atoms with van der Waals surface area (Å²) < 4.78 is 5.39. The second-order valence-electron chi connectivity index (χ2n) is 5.83. The second-order valence-corrected chi connectivity index (χ2v) is 5.83. The van der Waals surface area contributed by atoms with Crippen LogP contribution in [-0.2, 0) is 9.53 Å².